The molecule has 3 aliphatic heterocycles. The number of piperidine rings is 1. The lowest BCUT2D eigenvalue weighted by Gasteiger charge is -2.47. The van der Waals surface area contributed by atoms with Crippen LogP contribution in [0.15, 0.2) is 42.5 Å². The van der Waals surface area contributed by atoms with Crippen molar-refractivity contribution in [3.05, 3.63) is 59.2 Å². The predicted molar refractivity (Wildman–Crippen MR) is 90.1 cm³/mol. The van der Waals surface area contributed by atoms with Gasteiger partial charge in [0.05, 0.1) is 6.10 Å². The molecular formula is C20H21NO3. The number of ether oxygens (including phenoxy) is 2. The summed E-state index contributed by atoms with van der Waals surface area (Å²) in [5, 5.41) is 10.5. The first-order chi connectivity index (χ1) is 11.8. The Hall–Kier alpha value is -2.04. The molecule has 0 bridgehead atoms. The molecule has 3 heterocycles. The van der Waals surface area contributed by atoms with Crippen LogP contribution in [0.2, 0.25) is 0 Å². The highest BCUT2D eigenvalue weighted by Gasteiger charge is 2.40. The second-order valence-corrected chi connectivity index (χ2v) is 6.96. The quantitative estimate of drug-likeness (QED) is 0.875. The fraction of sp³-hybridized carbons (Fsp3) is 0.400. The zero-order chi connectivity index (χ0) is 16.1. The Morgan fingerprint density at radius 1 is 0.958 bits per heavy atom. The maximum Gasteiger partial charge on any atom is 0.231 e. The third kappa shape index (κ3) is 2.21. The lowest BCUT2D eigenvalue weighted by atomic mass is 9.81. The van der Waals surface area contributed by atoms with Crippen molar-refractivity contribution in [1.29, 1.82) is 0 Å². The molecule has 1 N–H and O–H groups in total. The van der Waals surface area contributed by atoms with Gasteiger partial charge in [0.25, 0.3) is 0 Å². The number of rotatable bonds is 1. The van der Waals surface area contributed by atoms with Crippen molar-refractivity contribution in [2.24, 2.45) is 0 Å². The Morgan fingerprint density at radius 2 is 1.71 bits per heavy atom. The van der Waals surface area contributed by atoms with Crippen LogP contribution in [0.5, 0.6) is 11.5 Å². The van der Waals surface area contributed by atoms with Gasteiger partial charge in [0.2, 0.25) is 6.79 Å². The monoisotopic (exact) mass is 323 g/mol. The average molecular weight is 323 g/mol. The molecule has 5 rings (SSSR count). The van der Waals surface area contributed by atoms with E-state index in [2.05, 4.69) is 41.3 Å². The first kappa shape index (κ1) is 14.3. The van der Waals surface area contributed by atoms with Crippen LogP contribution in [0.3, 0.4) is 0 Å². The van der Waals surface area contributed by atoms with E-state index in [1.165, 1.54) is 16.7 Å². The largest absolute Gasteiger partial charge is 0.454 e. The number of hydrogen-bond donors (Lipinski definition) is 1. The van der Waals surface area contributed by atoms with Gasteiger partial charge in [-0.1, -0.05) is 30.3 Å². The summed E-state index contributed by atoms with van der Waals surface area (Å²) >= 11 is 0. The van der Waals surface area contributed by atoms with E-state index in [0.29, 0.717) is 6.79 Å². The molecule has 0 aromatic heterocycles. The molecule has 3 aliphatic rings. The van der Waals surface area contributed by atoms with Crippen LogP contribution >= 0.6 is 0 Å². The zero-order valence-corrected chi connectivity index (χ0v) is 13.5. The van der Waals surface area contributed by atoms with Crippen LogP contribution in [0.4, 0.5) is 0 Å². The molecule has 0 spiro atoms. The summed E-state index contributed by atoms with van der Waals surface area (Å²) in [6, 6.07) is 15.4. The van der Waals surface area contributed by atoms with Crippen molar-refractivity contribution in [3.8, 4) is 11.5 Å². The second-order valence-electron chi connectivity index (χ2n) is 6.96. The van der Waals surface area contributed by atoms with Crippen molar-refractivity contribution in [2.45, 2.75) is 37.5 Å². The van der Waals surface area contributed by atoms with Gasteiger partial charge in [0.15, 0.2) is 11.5 Å². The van der Waals surface area contributed by atoms with Gasteiger partial charge in [0, 0.05) is 18.6 Å². The number of aliphatic hydroxyl groups excluding tert-OH is 1. The van der Waals surface area contributed by atoms with Gasteiger partial charge in [-0.05, 0) is 48.1 Å². The molecule has 0 radical (unpaired) electrons. The van der Waals surface area contributed by atoms with E-state index in [0.717, 1.165) is 37.3 Å². The van der Waals surface area contributed by atoms with E-state index in [1.54, 1.807) is 0 Å². The van der Waals surface area contributed by atoms with Gasteiger partial charge in [0.1, 0.15) is 0 Å². The van der Waals surface area contributed by atoms with Crippen LogP contribution in [0, 0.1) is 0 Å². The highest BCUT2D eigenvalue weighted by molar-refractivity contribution is 5.51. The molecule has 3 atom stereocenters. The highest BCUT2D eigenvalue weighted by Crippen LogP contribution is 2.48. The number of hydrogen-bond acceptors (Lipinski definition) is 4. The van der Waals surface area contributed by atoms with Crippen LogP contribution in [0.25, 0.3) is 0 Å². The molecule has 2 aromatic rings. The van der Waals surface area contributed by atoms with E-state index in [9.17, 15) is 5.11 Å². The average Bonchev–Trinajstić information content (AvgIpc) is 3.07. The molecule has 24 heavy (non-hydrogen) atoms. The summed E-state index contributed by atoms with van der Waals surface area (Å²) in [6.45, 7) is 1.32. The van der Waals surface area contributed by atoms with Crippen LogP contribution in [-0.2, 0) is 6.42 Å². The number of benzene rings is 2. The molecule has 0 unspecified atom stereocenters. The van der Waals surface area contributed by atoms with Gasteiger partial charge in [-0.2, -0.15) is 0 Å². The molecule has 0 saturated carbocycles. The standard InChI is InChI=1S/C20H21NO3/c22-15-9-17(13-4-2-1-3-5-13)21-7-6-14-8-19-20(24-12-23-19)11-16(14)18(21)10-15/h1-5,8,11,15,17-18,22H,6-7,9-10,12H2/t15-,17-,18-/m0/s1. The molecular weight excluding hydrogens is 302 g/mol. The first-order valence-corrected chi connectivity index (χ1v) is 8.71. The molecule has 0 aliphatic carbocycles. The molecule has 4 nitrogen and oxygen atoms in total. The maximum atomic E-state index is 10.5. The van der Waals surface area contributed by atoms with E-state index < -0.39 is 0 Å². The van der Waals surface area contributed by atoms with Gasteiger partial charge >= 0.3 is 0 Å². The highest BCUT2D eigenvalue weighted by atomic mass is 16.7. The van der Waals surface area contributed by atoms with Crippen LogP contribution in [-0.4, -0.2) is 29.4 Å². The Morgan fingerprint density at radius 3 is 2.54 bits per heavy atom. The van der Waals surface area contributed by atoms with Crippen molar-refractivity contribution < 1.29 is 14.6 Å². The second kappa shape index (κ2) is 5.50. The number of fused-ring (bicyclic) bond motifs is 4. The summed E-state index contributed by atoms with van der Waals surface area (Å²) in [4.78, 5) is 2.56. The van der Waals surface area contributed by atoms with Gasteiger partial charge in [-0.3, -0.25) is 4.90 Å². The summed E-state index contributed by atoms with van der Waals surface area (Å²) in [7, 11) is 0. The SMILES string of the molecule is O[C@H]1C[C@@H](c2ccccc2)N2CCc3cc4c(cc3[C@@H]2C1)OCO4. The van der Waals surface area contributed by atoms with Crippen molar-refractivity contribution in [2.75, 3.05) is 13.3 Å². The van der Waals surface area contributed by atoms with E-state index >= 15 is 0 Å². The fourth-order valence-electron chi connectivity index (χ4n) is 4.50. The summed E-state index contributed by atoms with van der Waals surface area (Å²) in [6.07, 6.45) is 2.34. The Balaban J connectivity index is 1.55. The van der Waals surface area contributed by atoms with E-state index in [-0.39, 0.29) is 18.2 Å². The lowest BCUT2D eigenvalue weighted by molar-refractivity contribution is -0.00679. The van der Waals surface area contributed by atoms with Crippen molar-refractivity contribution >= 4 is 0 Å². The van der Waals surface area contributed by atoms with Crippen LogP contribution < -0.4 is 9.47 Å². The minimum Gasteiger partial charge on any atom is -0.454 e. The molecule has 4 heteroatoms. The van der Waals surface area contributed by atoms with E-state index in [4.69, 9.17) is 9.47 Å². The normalized spacial score (nSPS) is 28.3. The van der Waals surface area contributed by atoms with Crippen molar-refractivity contribution in [1.82, 2.24) is 4.90 Å². The first-order valence-electron chi connectivity index (χ1n) is 8.71. The van der Waals surface area contributed by atoms with Gasteiger partial charge in [-0.25, -0.2) is 0 Å². The molecule has 0 amide bonds. The summed E-state index contributed by atoms with van der Waals surface area (Å²) < 4.78 is 11.1. The minimum atomic E-state index is -0.271. The molecule has 1 fully saturated rings. The van der Waals surface area contributed by atoms with E-state index in [1.807, 2.05) is 6.07 Å². The number of nitrogens with zero attached hydrogens (tertiary/aromatic N) is 1. The summed E-state index contributed by atoms with van der Waals surface area (Å²) in [5.41, 5.74) is 3.93. The van der Waals surface area contributed by atoms with Gasteiger partial charge < -0.3 is 14.6 Å². The summed E-state index contributed by atoms with van der Waals surface area (Å²) in [5.74, 6) is 1.70. The molecule has 124 valence electrons. The minimum absolute atomic E-state index is 0.247. The maximum absolute atomic E-state index is 10.5. The third-order valence-electron chi connectivity index (χ3n) is 5.61. The fourth-order valence-corrected chi connectivity index (χ4v) is 4.50. The smallest absolute Gasteiger partial charge is 0.231 e. The van der Waals surface area contributed by atoms with Gasteiger partial charge in [-0.15, -0.1) is 0 Å². The Labute approximate surface area is 141 Å². The van der Waals surface area contributed by atoms with Crippen molar-refractivity contribution in [3.63, 3.8) is 0 Å². The third-order valence-corrected chi connectivity index (χ3v) is 5.61. The Kier molecular flexibility index (Phi) is 3.28. The van der Waals surface area contributed by atoms with Crippen LogP contribution in [0.1, 0.15) is 41.6 Å². The Bertz CT molecular complexity index is 761. The lowest BCUT2D eigenvalue weighted by Crippen LogP contribution is -2.44. The predicted octanol–water partition coefficient (Wildman–Crippen LogP) is 3.21. The molecule has 1 saturated heterocycles. The molecule has 2 aromatic carbocycles. The zero-order valence-electron chi connectivity index (χ0n) is 13.5. The number of aliphatic hydroxyl groups is 1. The topological polar surface area (TPSA) is 41.9 Å².